The molecule has 1 aromatic heterocycles. The highest BCUT2D eigenvalue weighted by Crippen LogP contribution is 2.59. The van der Waals surface area contributed by atoms with Crippen molar-refractivity contribution in [2.75, 3.05) is 0 Å². The van der Waals surface area contributed by atoms with Gasteiger partial charge in [0.15, 0.2) is 0 Å². The van der Waals surface area contributed by atoms with Crippen LogP contribution in [-0.2, 0) is 7.05 Å². The highest BCUT2D eigenvalue weighted by Gasteiger charge is 2.33. The zero-order valence-electron chi connectivity index (χ0n) is 38.2. The fraction of sp³-hybridized carbons (Fsp3) is 0.0769. The van der Waals surface area contributed by atoms with Gasteiger partial charge in [-0.2, -0.15) is 0 Å². The van der Waals surface area contributed by atoms with Crippen molar-refractivity contribution in [2.45, 2.75) is 27.7 Å². The van der Waals surface area contributed by atoms with Gasteiger partial charge >= 0.3 is 0 Å². The lowest BCUT2D eigenvalue weighted by Gasteiger charge is -2.25. The average molecular weight is 846 g/mol. The molecule has 0 fully saturated rings. The topological polar surface area (TPSA) is 4.93 Å². The first-order valence-electron chi connectivity index (χ1n) is 23.1. The van der Waals surface area contributed by atoms with Crippen LogP contribution >= 0.6 is 0 Å². The van der Waals surface area contributed by atoms with Crippen LogP contribution in [0.3, 0.4) is 0 Å². The maximum absolute atomic E-state index is 2.56. The van der Waals surface area contributed by atoms with E-state index < -0.39 is 0 Å². The summed E-state index contributed by atoms with van der Waals surface area (Å²) in [5, 5.41) is 2.48. The number of aryl methyl sites for hydroxylation is 5. The zero-order chi connectivity index (χ0) is 44.9. The van der Waals surface area contributed by atoms with Crippen molar-refractivity contribution >= 4 is 21.8 Å². The van der Waals surface area contributed by atoms with E-state index in [2.05, 4.69) is 258 Å². The summed E-state index contributed by atoms with van der Waals surface area (Å²) in [5.74, 6) is 0. The largest absolute Gasteiger partial charge is 0.343 e. The van der Waals surface area contributed by atoms with Gasteiger partial charge in [0.2, 0.25) is 0 Å². The van der Waals surface area contributed by atoms with E-state index in [-0.39, 0.29) is 0 Å². The first-order valence-corrected chi connectivity index (χ1v) is 23.1. The molecule has 0 spiro atoms. The Morgan fingerprint density at radius 3 is 0.697 bits per heavy atom. The lowest BCUT2D eigenvalue weighted by Crippen LogP contribution is -2.00. The third-order valence-corrected chi connectivity index (χ3v) is 13.5. The second kappa shape index (κ2) is 16.8. The summed E-state index contributed by atoms with van der Waals surface area (Å²) < 4.78 is 2.56. The van der Waals surface area contributed by atoms with Crippen molar-refractivity contribution in [3.05, 3.63) is 241 Å². The molecule has 0 unspecified atom stereocenters. The van der Waals surface area contributed by atoms with E-state index in [1.54, 1.807) is 0 Å². The summed E-state index contributed by atoms with van der Waals surface area (Å²) in [6, 6.07) is 81.3. The molecule has 1 heterocycles. The number of benzene rings is 10. The van der Waals surface area contributed by atoms with Gasteiger partial charge in [0.1, 0.15) is 0 Å². The monoisotopic (exact) mass is 845 g/mol. The fourth-order valence-electron chi connectivity index (χ4n) is 10.3. The SMILES string of the molecule is Cc1ccc(-c2c(-c3ccc(C)cc3)c(-c3ccc(C)cc3)c3c(c2-c2ccc(C)cc2)c2c(-c4ccccc4)c(-c4ccccc4)c(-c4ccccc4)c(-c4ccccc4)c2n3C)cc1. The second-order valence-electron chi connectivity index (χ2n) is 17.9. The van der Waals surface area contributed by atoms with Crippen LogP contribution in [0.25, 0.3) is 111 Å². The minimum Gasteiger partial charge on any atom is -0.343 e. The first-order chi connectivity index (χ1) is 32.4. The zero-order valence-corrected chi connectivity index (χ0v) is 38.2. The maximum Gasteiger partial charge on any atom is 0.0581 e. The van der Waals surface area contributed by atoms with Gasteiger partial charge < -0.3 is 4.57 Å². The minimum absolute atomic E-state index is 1.18. The highest BCUT2D eigenvalue weighted by molar-refractivity contribution is 6.33. The molecule has 0 radical (unpaired) electrons. The summed E-state index contributed by atoms with van der Waals surface area (Å²) >= 11 is 0. The Morgan fingerprint density at radius 1 is 0.212 bits per heavy atom. The lowest BCUT2D eigenvalue weighted by molar-refractivity contribution is 1.02. The molecule has 0 saturated heterocycles. The summed E-state index contributed by atoms with van der Waals surface area (Å²) in [5.41, 5.74) is 26.6. The maximum atomic E-state index is 2.56. The molecular formula is C65H51N. The van der Waals surface area contributed by atoms with Crippen LogP contribution in [0.1, 0.15) is 22.3 Å². The molecule has 1 heteroatoms. The van der Waals surface area contributed by atoms with Crippen LogP contribution in [0.2, 0.25) is 0 Å². The van der Waals surface area contributed by atoms with Crippen molar-refractivity contribution in [3.63, 3.8) is 0 Å². The Bertz CT molecular complexity index is 3530. The number of aromatic nitrogens is 1. The van der Waals surface area contributed by atoms with Crippen molar-refractivity contribution < 1.29 is 0 Å². The van der Waals surface area contributed by atoms with E-state index in [9.17, 15) is 0 Å². The molecule has 0 N–H and O–H groups in total. The molecule has 11 rings (SSSR count). The molecular weight excluding hydrogens is 795 g/mol. The number of nitrogens with zero attached hydrogens (tertiary/aromatic N) is 1. The molecule has 11 aromatic rings. The van der Waals surface area contributed by atoms with E-state index in [0.717, 1.165) is 0 Å². The van der Waals surface area contributed by atoms with Crippen LogP contribution in [0.5, 0.6) is 0 Å². The van der Waals surface area contributed by atoms with E-state index in [1.165, 1.54) is 133 Å². The Hall–Kier alpha value is -8.00. The Morgan fingerprint density at radius 2 is 0.409 bits per heavy atom. The number of hydrogen-bond acceptors (Lipinski definition) is 0. The van der Waals surface area contributed by atoms with E-state index in [0.29, 0.717) is 0 Å². The molecule has 0 aliphatic carbocycles. The fourth-order valence-corrected chi connectivity index (χ4v) is 10.3. The van der Waals surface area contributed by atoms with Crippen LogP contribution in [0.15, 0.2) is 218 Å². The molecule has 1 nitrogen and oxygen atoms in total. The van der Waals surface area contributed by atoms with Crippen molar-refractivity contribution in [2.24, 2.45) is 7.05 Å². The molecule has 0 aliphatic heterocycles. The normalized spacial score (nSPS) is 11.4. The van der Waals surface area contributed by atoms with E-state index in [1.807, 2.05) is 0 Å². The minimum atomic E-state index is 1.18. The first kappa shape index (κ1) is 40.8. The highest BCUT2D eigenvalue weighted by atomic mass is 14.9. The van der Waals surface area contributed by atoms with Gasteiger partial charge in [0, 0.05) is 51.2 Å². The summed E-state index contributed by atoms with van der Waals surface area (Å²) in [4.78, 5) is 0. The predicted molar refractivity (Wildman–Crippen MR) is 283 cm³/mol. The van der Waals surface area contributed by atoms with Crippen molar-refractivity contribution in [3.8, 4) is 89.0 Å². The van der Waals surface area contributed by atoms with Gasteiger partial charge in [-0.3, -0.25) is 0 Å². The van der Waals surface area contributed by atoms with E-state index >= 15 is 0 Å². The standard InChI is InChI=1S/C65H51N/c1-42-26-34-50(35-27-42)55-57(51-36-28-43(2)29-37-51)61(53-40-32-45(4)33-41-53)65-63(59(55)52-38-30-44(3)31-39-52)62-58(48-22-14-8-15-23-48)54(46-18-10-6-11-19-46)56(47-20-12-7-13-21-47)60(64(62)66(65)5)49-24-16-9-17-25-49/h6-41H,1-5H3. The molecule has 0 bridgehead atoms. The molecule has 0 saturated carbocycles. The van der Waals surface area contributed by atoms with Crippen LogP contribution in [0, 0.1) is 27.7 Å². The van der Waals surface area contributed by atoms with Gasteiger partial charge in [-0.15, -0.1) is 0 Å². The summed E-state index contributed by atoms with van der Waals surface area (Å²) in [6.45, 7) is 8.74. The van der Waals surface area contributed by atoms with Crippen molar-refractivity contribution in [1.29, 1.82) is 0 Å². The third kappa shape index (κ3) is 6.96. The average Bonchev–Trinajstić information content (AvgIpc) is 3.66. The Balaban J connectivity index is 1.54. The van der Waals surface area contributed by atoms with Crippen molar-refractivity contribution in [1.82, 2.24) is 4.57 Å². The van der Waals surface area contributed by atoms with Crippen LogP contribution in [-0.4, -0.2) is 4.57 Å². The van der Waals surface area contributed by atoms with E-state index in [4.69, 9.17) is 0 Å². The van der Waals surface area contributed by atoms with Crippen LogP contribution < -0.4 is 0 Å². The molecule has 0 aliphatic rings. The quantitative estimate of drug-likeness (QED) is 0.144. The molecule has 10 aromatic carbocycles. The number of hydrogen-bond donors (Lipinski definition) is 0. The van der Waals surface area contributed by atoms with Gasteiger partial charge in [0.25, 0.3) is 0 Å². The van der Waals surface area contributed by atoms with Gasteiger partial charge in [0.05, 0.1) is 11.0 Å². The predicted octanol–water partition coefficient (Wildman–Crippen LogP) is 17.9. The van der Waals surface area contributed by atoms with Gasteiger partial charge in [-0.1, -0.05) is 241 Å². The Kier molecular flexibility index (Phi) is 10.4. The van der Waals surface area contributed by atoms with Crippen LogP contribution in [0.4, 0.5) is 0 Å². The Labute approximate surface area is 388 Å². The third-order valence-electron chi connectivity index (χ3n) is 13.5. The molecule has 316 valence electrons. The lowest BCUT2D eigenvalue weighted by atomic mass is 9.77. The van der Waals surface area contributed by atoms with Gasteiger partial charge in [-0.25, -0.2) is 0 Å². The molecule has 0 atom stereocenters. The molecule has 66 heavy (non-hydrogen) atoms. The summed E-state index contributed by atoms with van der Waals surface area (Å²) in [7, 11) is 2.32. The van der Waals surface area contributed by atoms with Gasteiger partial charge in [-0.05, 0) is 83.3 Å². The second-order valence-corrected chi connectivity index (χ2v) is 17.9. The number of fused-ring (bicyclic) bond motifs is 3. The molecule has 0 amide bonds. The smallest absolute Gasteiger partial charge is 0.0581 e. The summed E-state index contributed by atoms with van der Waals surface area (Å²) in [6.07, 6.45) is 0. The number of rotatable bonds is 8.